The van der Waals surface area contributed by atoms with Gasteiger partial charge in [0.05, 0.1) is 11.7 Å². The topological polar surface area (TPSA) is 89.7 Å². The highest BCUT2D eigenvalue weighted by Crippen LogP contribution is 2.19. The Morgan fingerprint density at radius 1 is 1.28 bits per heavy atom. The van der Waals surface area contributed by atoms with E-state index in [0.717, 1.165) is 55.1 Å². The molecule has 0 aliphatic carbocycles. The van der Waals surface area contributed by atoms with Gasteiger partial charge < -0.3 is 15.2 Å². The molecule has 3 heterocycles. The number of nitrogens with one attached hydrogen (secondary N) is 2. The summed E-state index contributed by atoms with van der Waals surface area (Å²) in [4.78, 5) is 12.3. The first-order chi connectivity index (χ1) is 12.0. The predicted molar refractivity (Wildman–Crippen MR) is 94.1 cm³/mol. The Balaban J connectivity index is 1.61. The number of hydrogen-bond donors (Lipinski definition) is 2. The number of hydrogen-bond acceptors (Lipinski definition) is 4. The number of carbonyl (C=O) groups excluding carboxylic acids is 1. The summed E-state index contributed by atoms with van der Waals surface area (Å²) in [6.07, 6.45) is 3.81. The molecule has 0 bridgehead atoms. The first kappa shape index (κ1) is 17.4. The van der Waals surface area contributed by atoms with Crippen molar-refractivity contribution in [2.24, 2.45) is 7.05 Å². The molecule has 0 spiro atoms. The highest BCUT2D eigenvalue weighted by molar-refractivity contribution is 5.74. The van der Waals surface area contributed by atoms with Gasteiger partial charge in [0.15, 0.2) is 5.82 Å². The quantitative estimate of drug-likeness (QED) is 0.833. The molecule has 2 N–H and O–H groups in total. The van der Waals surface area contributed by atoms with Crippen LogP contribution in [0.25, 0.3) is 0 Å². The minimum absolute atomic E-state index is 0.176. The molecule has 0 fully saturated rings. The number of rotatable bonds is 6. The first-order valence-electron chi connectivity index (χ1n) is 9.05. The highest BCUT2D eigenvalue weighted by Gasteiger charge is 2.22. The van der Waals surface area contributed by atoms with Crippen LogP contribution in [0.1, 0.15) is 61.8 Å². The molecular formula is C17H27N7O. The maximum absolute atomic E-state index is 12.3. The Morgan fingerprint density at radius 2 is 2.08 bits per heavy atom. The predicted octanol–water partition coefficient (Wildman–Crippen LogP) is 1.64. The van der Waals surface area contributed by atoms with Crippen molar-refractivity contribution in [3.05, 3.63) is 28.6 Å². The van der Waals surface area contributed by atoms with Gasteiger partial charge in [-0.3, -0.25) is 4.68 Å². The second-order valence-electron chi connectivity index (χ2n) is 6.48. The van der Waals surface area contributed by atoms with E-state index in [2.05, 4.69) is 44.3 Å². The van der Waals surface area contributed by atoms with Gasteiger partial charge in [-0.2, -0.15) is 5.10 Å². The number of carbonyl (C=O) groups is 1. The second kappa shape index (κ2) is 7.25. The highest BCUT2D eigenvalue weighted by atomic mass is 16.2. The number of aryl methyl sites for hydroxylation is 3. The summed E-state index contributed by atoms with van der Waals surface area (Å²) in [7, 11) is 1.95. The summed E-state index contributed by atoms with van der Waals surface area (Å²) in [5, 5.41) is 18.9. The number of aromatic nitrogens is 5. The fourth-order valence-electron chi connectivity index (χ4n) is 3.57. The fourth-order valence-corrected chi connectivity index (χ4v) is 3.57. The lowest BCUT2D eigenvalue weighted by atomic mass is 10.1. The van der Waals surface area contributed by atoms with Crippen molar-refractivity contribution in [2.75, 3.05) is 0 Å². The monoisotopic (exact) mass is 345 g/mol. The van der Waals surface area contributed by atoms with Crippen molar-refractivity contribution in [3.8, 4) is 0 Å². The summed E-state index contributed by atoms with van der Waals surface area (Å²) in [6.45, 7) is 7.54. The molecule has 8 nitrogen and oxygen atoms in total. The zero-order valence-electron chi connectivity index (χ0n) is 15.5. The summed E-state index contributed by atoms with van der Waals surface area (Å²) in [6, 6.07) is -0.375. The van der Waals surface area contributed by atoms with Gasteiger partial charge in [-0.15, -0.1) is 10.2 Å². The molecule has 2 aromatic rings. The van der Waals surface area contributed by atoms with Gasteiger partial charge in [0.25, 0.3) is 0 Å². The number of amides is 2. The lowest BCUT2D eigenvalue weighted by molar-refractivity contribution is 0.236. The minimum Gasteiger partial charge on any atom is -0.334 e. The van der Waals surface area contributed by atoms with E-state index in [1.54, 1.807) is 0 Å². The molecule has 0 radical (unpaired) electrons. The Hall–Kier alpha value is -2.38. The van der Waals surface area contributed by atoms with E-state index >= 15 is 0 Å². The Bertz CT molecular complexity index is 761. The third-order valence-corrected chi connectivity index (χ3v) is 4.83. The summed E-state index contributed by atoms with van der Waals surface area (Å²) < 4.78 is 4.02. The molecule has 0 unspecified atom stereocenters. The van der Waals surface area contributed by atoms with Crippen molar-refractivity contribution >= 4 is 6.03 Å². The average molecular weight is 345 g/mol. The Kier molecular flexibility index (Phi) is 5.06. The summed E-state index contributed by atoms with van der Waals surface area (Å²) in [5.41, 5.74) is 3.34. The third kappa shape index (κ3) is 3.38. The molecule has 1 atom stereocenters. The average Bonchev–Trinajstić information content (AvgIpc) is 3.26. The second-order valence-corrected chi connectivity index (χ2v) is 6.48. The molecule has 0 aromatic carbocycles. The molecule has 1 aliphatic heterocycles. The van der Waals surface area contributed by atoms with Gasteiger partial charge >= 0.3 is 6.03 Å². The Labute approximate surface area is 148 Å². The van der Waals surface area contributed by atoms with Crippen molar-refractivity contribution < 1.29 is 4.79 Å². The van der Waals surface area contributed by atoms with E-state index in [4.69, 9.17) is 0 Å². The molecular weight excluding hydrogens is 318 g/mol. The van der Waals surface area contributed by atoms with Gasteiger partial charge in [-0.1, -0.05) is 13.8 Å². The standard InChI is InChI=1S/C17H27N7O/c1-5-13-12(14(6-2)23(4)22-13)10-18-17(25)19-11(3)16-21-20-15-8-7-9-24(15)16/h11H,5-10H2,1-4H3,(H2,18,19,25)/t11-/m1/s1. The van der Waals surface area contributed by atoms with E-state index in [9.17, 15) is 4.79 Å². The van der Waals surface area contributed by atoms with Crippen molar-refractivity contribution in [1.29, 1.82) is 0 Å². The molecule has 0 saturated carbocycles. The van der Waals surface area contributed by atoms with Gasteiger partial charge in [-0.05, 0) is 26.2 Å². The number of fused-ring (bicyclic) bond motifs is 1. The smallest absolute Gasteiger partial charge is 0.315 e. The molecule has 8 heteroatoms. The van der Waals surface area contributed by atoms with Crippen LogP contribution < -0.4 is 10.6 Å². The third-order valence-electron chi connectivity index (χ3n) is 4.83. The van der Waals surface area contributed by atoms with Crippen molar-refractivity contribution in [1.82, 2.24) is 35.2 Å². The summed E-state index contributed by atoms with van der Waals surface area (Å²) in [5.74, 6) is 1.84. The van der Waals surface area contributed by atoms with E-state index < -0.39 is 0 Å². The zero-order valence-corrected chi connectivity index (χ0v) is 15.5. The van der Waals surface area contributed by atoms with Crippen molar-refractivity contribution in [2.45, 2.75) is 65.6 Å². The minimum atomic E-state index is -0.198. The molecule has 0 saturated heterocycles. The molecule has 1 aliphatic rings. The van der Waals surface area contributed by atoms with Crippen molar-refractivity contribution in [3.63, 3.8) is 0 Å². The SMILES string of the molecule is CCc1nn(C)c(CC)c1CNC(=O)N[C@H](C)c1nnc2n1CCC2. The van der Waals surface area contributed by atoms with Crippen LogP contribution in [0.15, 0.2) is 0 Å². The zero-order chi connectivity index (χ0) is 18.0. The maximum atomic E-state index is 12.3. The van der Waals surface area contributed by atoms with Gasteiger partial charge in [0, 0.05) is 37.8 Å². The van der Waals surface area contributed by atoms with E-state index in [1.165, 1.54) is 5.69 Å². The number of urea groups is 1. The molecule has 25 heavy (non-hydrogen) atoms. The normalized spacial score (nSPS) is 14.4. The van der Waals surface area contributed by atoms with E-state index in [1.807, 2.05) is 18.7 Å². The van der Waals surface area contributed by atoms with Crippen LogP contribution in [0.2, 0.25) is 0 Å². The molecule has 136 valence electrons. The van der Waals surface area contributed by atoms with Crippen LogP contribution in [0.5, 0.6) is 0 Å². The summed E-state index contributed by atoms with van der Waals surface area (Å²) >= 11 is 0. The first-order valence-corrected chi connectivity index (χ1v) is 9.05. The maximum Gasteiger partial charge on any atom is 0.315 e. The molecule has 3 rings (SSSR count). The lowest BCUT2D eigenvalue weighted by Crippen LogP contribution is -2.37. The van der Waals surface area contributed by atoms with E-state index in [-0.39, 0.29) is 12.1 Å². The molecule has 2 amide bonds. The van der Waals surface area contributed by atoms with Crippen LogP contribution in [0.3, 0.4) is 0 Å². The van der Waals surface area contributed by atoms with Gasteiger partial charge in [0.1, 0.15) is 5.82 Å². The van der Waals surface area contributed by atoms with E-state index in [0.29, 0.717) is 6.54 Å². The number of nitrogens with zero attached hydrogens (tertiary/aromatic N) is 5. The van der Waals surface area contributed by atoms with Gasteiger partial charge in [0.2, 0.25) is 0 Å². The molecule has 2 aromatic heterocycles. The lowest BCUT2D eigenvalue weighted by Gasteiger charge is -2.15. The van der Waals surface area contributed by atoms with Gasteiger partial charge in [-0.25, -0.2) is 4.79 Å². The van der Waals surface area contributed by atoms with Crippen LogP contribution in [0.4, 0.5) is 4.79 Å². The van der Waals surface area contributed by atoms with Crippen LogP contribution >= 0.6 is 0 Å². The van der Waals surface area contributed by atoms with Crippen LogP contribution in [-0.4, -0.2) is 30.6 Å². The Morgan fingerprint density at radius 3 is 2.80 bits per heavy atom. The largest absolute Gasteiger partial charge is 0.334 e. The van der Waals surface area contributed by atoms with Crippen LogP contribution in [0, 0.1) is 0 Å². The van der Waals surface area contributed by atoms with Crippen LogP contribution in [-0.2, 0) is 39.4 Å². The fraction of sp³-hybridized carbons (Fsp3) is 0.647.